The molecular formula is C17H28IN3O. The van der Waals surface area contributed by atoms with Crippen molar-refractivity contribution >= 4 is 29.9 Å². The Morgan fingerprint density at radius 1 is 1.23 bits per heavy atom. The van der Waals surface area contributed by atoms with Crippen LogP contribution < -0.4 is 10.6 Å². The van der Waals surface area contributed by atoms with Gasteiger partial charge < -0.3 is 15.4 Å². The molecule has 0 saturated heterocycles. The van der Waals surface area contributed by atoms with Crippen molar-refractivity contribution in [3.05, 3.63) is 48.0 Å². The summed E-state index contributed by atoms with van der Waals surface area (Å²) in [5.74, 6) is 0.810. The highest BCUT2D eigenvalue weighted by atomic mass is 127. The molecule has 0 aromatic heterocycles. The lowest BCUT2D eigenvalue weighted by Gasteiger charge is -2.10. The molecule has 5 heteroatoms. The second-order valence-electron chi connectivity index (χ2n) is 5.04. The van der Waals surface area contributed by atoms with Crippen LogP contribution in [0, 0.1) is 0 Å². The molecule has 0 aliphatic heterocycles. The van der Waals surface area contributed by atoms with Gasteiger partial charge in [-0.25, -0.2) is 4.99 Å². The van der Waals surface area contributed by atoms with Crippen molar-refractivity contribution in [1.82, 2.24) is 10.6 Å². The van der Waals surface area contributed by atoms with Crippen molar-refractivity contribution in [1.29, 1.82) is 0 Å². The maximum atomic E-state index is 5.59. The Hall–Kier alpha value is -1.08. The maximum absolute atomic E-state index is 5.59. The maximum Gasteiger partial charge on any atom is 0.191 e. The normalized spacial score (nSPS) is 11.0. The Labute approximate surface area is 151 Å². The van der Waals surface area contributed by atoms with E-state index in [0.717, 1.165) is 12.5 Å². The first-order valence-electron chi connectivity index (χ1n) is 7.48. The predicted octanol–water partition coefficient (Wildman–Crippen LogP) is 3.47. The summed E-state index contributed by atoms with van der Waals surface area (Å²) in [6.07, 6.45) is 2.07. The van der Waals surface area contributed by atoms with Crippen LogP contribution in [0.4, 0.5) is 0 Å². The highest BCUT2D eigenvalue weighted by Crippen LogP contribution is 2.08. The Morgan fingerprint density at radius 3 is 2.41 bits per heavy atom. The fourth-order valence-electron chi connectivity index (χ4n) is 1.68. The van der Waals surface area contributed by atoms with E-state index < -0.39 is 0 Å². The number of ether oxygens (including phenoxy) is 1. The van der Waals surface area contributed by atoms with Gasteiger partial charge in [-0.05, 0) is 31.9 Å². The first kappa shape index (κ1) is 20.9. The summed E-state index contributed by atoms with van der Waals surface area (Å²) in [7, 11) is 0. The zero-order valence-electron chi connectivity index (χ0n) is 13.8. The van der Waals surface area contributed by atoms with Crippen LogP contribution in [0.5, 0.6) is 0 Å². The predicted molar refractivity (Wildman–Crippen MR) is 105 cm³/mol. The molecule has 1 aromatic carbocycles. The lowest BCUT2D eigenvalue weighted by Crippen LogP contribution is -2.37. The molecular weight excluding hydrogens is 389 g/mol. The number of guanidine groups is 1. The fraction of sp³-hybridized carbons (Fsp3) is 0.471. The second kappa shape index (κ2) is 12.5. The molecule has 0 bridgehead atoms. The van der Waals surface area contributed by atoms with Gasteiger partial charge in [-0.1, -0.05) is 30.3 Å². The Balaban J connectivity index is 0.00000441. The third-order valence-corrected chi connectivity index (χ3v) is 2.78. The quantitative estimate of drug-likeness (QED) is 0.295. The molecule has 2 N–H and O–H groups in total. The number of benzene rings is 1. The molecule has 0 heterocycles. The van der Waals surface area contributed by atoms with Crippen LogP contribution in [0.25, 0.3) is 0 Å². The van der Waals surface area contributed by atoms with E-state index in [2.05, 4.69) is 53.4 Å². The van der Waals surface area contributed by atoms with Gasteiger partial charge in [0.15, 0.2) is 5.96 Å². The molecule has 0 unspecified atom stereocenters. The summed E-state index contributed by atoms with van der Waals surface area (Å²) in [5, 5.41) is 6.39. The minimum absolute atomic E-state index is 0. The van der Waals surface area contributed by atoms with E-state index in [0.29, 0.717) is 19.7 Å². The van der Waals surface area contributed by atoms with Gasteiger partial charge in [-0.15, -0.1) is 30.6 Å². The number of aliphatic imine (C=N–C) groups is 1. The largest absolute Gasteiger partial charge is 0.374 e. The third-order valence-electron chi connectivity index (χ3n) is 2.78. The van der Waals surface area contributed by atoms with Gasteiger partial charge in [0, 0.05) is 13.1 Å². The van der Waals surface area contributed by atoms with Crippen molar-refractivity contribution < 1.29 is 4.74 Å². The van der Waals surface area contributed by atoms with E-state index in [4.69, 9.17) is 4.74 Å². The Kier molecular flexibility index (Phi) is 11.9. The van der Waals surface area contributed by atoms with Crippen molar-refractivity contribution in [3.8, 4) is 0 Å². The third kappa shape index (κ3) is 9.04. The number of nitrogens with one attached hydrogen (secondary N) is 2. The van der Waals surface area contributed by atoms with Gasteiger partial charge in [0.25, 0.3) is 0 Å². The number of nitrogens with zero attached hydrogens (tertiary/aromatic N) is 1. The lowest BCUT2D eigenvalue weighted by atomic mass is 10.1. The minimum atomic E-state index is 0. The van der Waals surface area contributed by atoms with Crippen molar-refractivity contribution in [2.24, 2.45) is 4.99 Å². The number of rotatable bonds is 8. The van der Waals surface area contributed by atoms with E-state index in [9.17, 15) is 0 Å². The Morgan fingerprint density at radius 2 is 1.86 bits per heavy atom. The van der Waals surface area contributed by atoms with Crippen LogP contribution in [0.15, 0.2) is 41.9 Å². The van der Waals surface area contributed by atoms with Crippen LogP contribution in [0.2, 0.25) is 0 Å². The average molecular weight is 417 g/mol. The van der Waals surface area contributed by atoms with Crippen LogP contribution in [-0.2, 0) is 17.9 Å². The van der Waals surface area contributed by atoms with E-state index in [-0.39, 0.29) is 30.1 Å². The number of hydrogen-bond acceptors (Lipinski definition) is 2. The topological polar surface area (TPSA) is 45.7 Å². The van der Waals surface area contributed by atoms with Gasteiger partial charge in [-0.3, -0.25) is 0 Å². The monoisotopic (exact) mass is 417 g/mol. The Bertz CT molecular complexity index is 444. The molecule has 0 aliphatic rings. The lowest BCUT2D eigenvalue weighted by molar-refractivity contribution is 0.0657. The molecule has 1 aromatic rings. The summed E-state index contributed by atoms with van der Waals surface area (Å²) in [5.41, 5.74) is 2.37. The molecule has 124 valence electrons. The van der Waals surface area contributed by atoms with Gasteiger partial charge in [0.1, 0.15) is 0 Å². The zero-order chi connectivity index (χ0) is 15.5. The SMILES string of the molecule is C=CCNC(=NCc1ccc(COC(C)C)cc1)NCC.I. The fourth-order valence-corrected chi connectivity index (χ4v) is 1.68. The van der Waals surface area contributed by atoms with Crippen LogP contribution in [-0.4, -0.2) is 25.2 Å². The summed E-state index contributed by atoms with van der Waals surface area (Å²) in [6, 6.07) is 8.38. The molecule has 0 saturated carbocycles. The van der Waals surface area contributed by atoms with E-state index >= 15 is 0 Å². The highest BCUT2D eigenvalue weighted by Gasteiger charge is 1.99. The number of hydrogen-bond donors (Lipinski definition) is 2. The smallest absolute Gasteiger partial charge is 0.191 e. The molecule has 1 rings (SSSR count). The standard InChI is InChI=1S/C17H27N3O.HI/c1-5-11-19-17(18-6-2)20-12-15-7-9-16(10-8-15)13-21-14(3)4;/h5,7-10,14H,1,6,11-13H2,2-4H3,(H2,18,19,20);1H. The zero-order valence-corrected chi connectivity index (χ0v) is 16.1. The second-order valence-corrected chi connectivity index (χ2v) is 5.04. The van der Waals surface area contributed by atoms with E-state index in [1.54, 1.807) is 0 Å². The van der Waals surface area contributed by atoms with E-state index in [1.807, 2.05) is 19.9 Å². The van der Waals surface area contributed by atoms with E-state index in [1.165, 1.54) is 11.1 Å². The summed E-state index contributed by atoms with van der Waals surface area (Å²) in [4.78, 5) is 4.54. The summed E-state index contributed by atoms with van der Waals surface area (Å²) in [6.45, 7) is 12.7. The van der Waals surface area contributed by atoms with Crippen molar-refractivity contribution in [2.75, 3.05) is 13.1 Å². The molecule has 4 nitrogen and oxygen atoms in total. The van der Waals surface area contributed by atoms with Gasteiger partial charge >= 0.3 is 0 Å². The van der Waals surface area contributed by atoms with Crippen molar-refractivity contribution in [2.45, 2.75) is 40.0 Å². The van der Waals surface area contributed by atoms with Crippen LogP contribution in [0.1, 0.15) is 31.9 Å². The summed E-state index contributed by atoms with van der Waals surface area (Å²) < 4.78 is 5.59. The van der Waals surface area contributed by atoms with Gasteiger partial charge in [0.05, 0.1) is 19.3 Å². The van der Waals surface area contributed by atoms with Crippen molar-refractivity contribution in [3.63, 3.8) is 0 Å². The first-order valence-corrected chi connectivity index (χ1v) is 7.48. The molecule has 0 spiro atoms. The molecule has 22 heavy (non-hydrogen) atoms. The van der Waals surface area contributed by atoms with Gasteiger partial charge in [0.2, 0.25) is 0 Å². The molecule has 0 aliphatic carbocycles. The molecule has 0 atom stereocenters. The van der Waals surface area contributed by atoms with Gasteiger partial charge in [-0.2, -0.15) is 0 Å². The van der Waals surface area contributed by atoms with Crippen LogP contribution >= 0.6 is 24.0 Å². The molecule has 0 fully saturated rings. The highest BCUT2D eigenvalue weighted by molar-refractivity contribution is 14.0. The van der Waals surface area contributed by atoms with Crippen LogP contribution in [0.3, 0.4) is 0 Å². The average Bonchev–Trinajstić information content (AvgIpc) is 2.49. The molecule has 0 amide bonds. The minimum Gasteiger partial charge on any atom is -0.374 e. The first-order chi connectivity index (χ1) is 10.2. The summed E-state index contributed by atoms with van der Waals surface area (Å²) >= 11 is 0. The number of halogens is 1. The molecule has 0 radical (unpaired) electrons.